The Kier molecular flexibility index (Phi) is 4.17. The van der Waals surface area contributed by atoms with E-state index in [1.165, 1.54) is 30.3 Å². The summed E-state index contributed by atoms with van der Waals surface area (Å²) in [5, 5.41) is 0.179. The van der Waals surface area contributed by atoms with Gasteiger partial charge in [-0.2, -0.15) is 0 Å². The Morgan fingerprint density at radius 2 is 2.09 bits per heavy atom. The first kappa shape index (κ1) is 15.7. The predicted octanol–water partition coefficient (Wildman–Crippen LogP) is 3.80. The molecular weight excluding hydrogens is 326 g/mol. The average molecular weight is 339 g/mol. The van der Waals surface area contributed by atoms with E-state index >= 15 is 0 Å². The molecule has 0 unspecified atom stereocenters. The van der Waals surface area contributed by atoms with E-state index in [1.54, 1.807) is 0 Å². The zero-order valence-corrected chi connectivity index (χ0v) is 13.0. The molecule has 0 fully saturated rings. The molecule has 0 N–H and O–H groups in total. The molecule has 7 heteroatoms. The topological polar surface area (TPSA) is 42.4 Å². The zero-order valence-electron chi connectivity index (χ0n) is 12.3. The van der Waals surface area contributed by atoms with E-state index in [0.29, 0.717) is 29.7 Å². The molecule has 0 saturated carbocycles. The van der Waals surface area contributed by atoms with Gasteiger partial charge in [0.15, 0.2) is 5.82 Å². The van der Waals surface area contributed by atoms with E-state index in [1.807, 2.05) is 0 Å². The number of hydrogen-bond acceptors (Lipinski definition) is 3. The number of aromatic nitrogens is 1. The first-order valence-corrected chi connectivity index (χ1v) is 7.33. The minimum atomic E-state index is -0.596. The average Bonchev–Trinajstić information content (AvgIpc) is 2.55. The summed E-state index contributed by atoms with van der Waals surface area (Å²) < 4.78 is 33.0. The lowest BCUT2D eigenvalue weighted by Crippen LogP contribution is -2.36. The number of hydrogen-bond donors (Lipinski definition) is 0. The zero-order chi connectivity index (χ0) is 16.6. The van der Waals surface area contributed by atoms with Crippen LogP contribution in [0.3, 0.4) is 0 Å². The van der Waals surface area contributed by atoms with Crippen LogP contribution in [0.4, 0.5) is 13.6 Å². The molecule has 2 heterocycles. The third kappa shape index (κ3) is 2.86. The summed E-state index contributed by atoms with van der Waals surface area (Å²) in [7, 11) is 1.28. The maximum Gasteiger partial charge on any atom is 0.409 e. The highest BCUT2D eigenvalue weighted by Crippen LogP contribution is 2.33. The van der Waals surface area contributed by atoms with Crippen LogP contribution in [0.2, 0.25) is 5.02 Å². The summed E-state index contributed by atoms with van der Waals surface area (Å²) in [5.74, 6) is -0.968. The second-order valence-corrected chi connectivity index (χ2v) is 5.61. The molecule has 23 heavy (non-hydrogen) atoms. The molecule has 0 aliphatic carbocycles. The van der Waals surface area contributed by atoms with E-state index in [-0.39, 0.29) is 23.1 Å². The maximum absolute atomic E-state index is 14.2. The number of pyridine rings is 1. The molecule has 0 saturated heterocycles. The van der Waals surface area contributed by atoms with Gasteiger partial charge in [0.25, 0.3) is 0 Å². The van der Waals surface area contributed by atoms with Crippen LogP contribution in [-0.2, 0) is 17.7 Å². The van der Waals surface area contributed by atoms with Crippen LogP contribution in [0.1, 0.15) is 11.1 Å². The number of nitrogens with zero attached hydrogens (tertiary/aromatic N) is 2. The fourth-order valence-corrected chi connectivity index (χ4v) is 2.90. The third-order valence-electron chi connectivity index (χ3n) is 3.85. The molecule has 120 valence electrons. The summed E-state index contributed by atoms with van der Waals surface area (Å²) in [4.78, 5) is 17.2. The van der Waals surface area contributed by atoms with E-state index < -0.39 is 11.9 Å². The minimum absolute atomic E-state index is 0.0809. The van der Waals surface area contributed by atoms with Gasteiger partial charge >= 0.3 is 6.09 Å². The van der Waals surface area contributed by atoms with Crippen LogP contribution in [0.25, 0.3) is 11.3 Å². The number of ether oxygens (including phenoxy) is 1. The molecule has 1 aliphatic rings. The summed E-state index contributed by atoms with van der Waals surface area (Å²) in [6, 6.07) is 3.91. The number of carbonyl (C=O) groups excluding carboxylic acids is 1. The Bertz CT molecular complexity index is 783. The summed E-state index contributed by atoms with van der Waals surface area (Å²) >= 11 is 5.72. The Labute approximate surface area is 136 Å². The van der Waals surface area contributed by atoms with Gasteiger partial charge in [-0.15, -0.1) is 0 Å². The van der Waals surface area contributed by atoms with Gasteiger partial charge in [-0.05, 0) is 35.7 Å². The number of carbonyl (C=O) groups is 1. The van der Waals surface area contributed by atoms with Gasteiger partial charge in [0.2, 0.25) is 0 Å². The van der Waals surface area contributed by atoms with Crippen molar-refractivity contribution in [2.24, 2.45) is 0 Å². The van der Waals surface area contributed by atoms with Crippen LogP contribution >= 0.6 is 11.6 Å². The number of halogens is 3. The van der Waals surface area contributed by atoms with Gasteiger partial charge in [0, 0.05) is 18.3 Å². The van der Waals surface area contributed by atoms with Crippen LogP contribution in [0, 0.1) is 11.6 Å². The van der Waals surface area contributed by atoms with Gasteiger partial charge < -0.3 is 9.64 Å². The monoisotopic (exact) mass is 338 g/mol. The fraction of sp³-hybridized carbons (Fsp3) is 0.250. The van der Waals surface area contributed by atoms with Crippen LogP contribution < -0.4 is 0 Å². The van der Waals surface area contributed by atoms with Gasteiger partial charge in [-0.1, -0.05) is 11.6 Å². The van der Waals surface area contributed by atoms with E-state index in [9.17, 15) is 13.6 Å². The second-order valence-electron chi connectivity index (χ2n) is 5.18. The lowest BCUT2D eigenvalue weighted by molar-refractivity contribution is 0.118. The van der Waals surface area contributed by atoms with Crippen molar-refractivity contribution in [1.82, 2.24) is 9.88 Å². The molecule has 3 rings (SSSR count). The lowest BCUT2D eigenvalue weighted by Gasteiger charge is -2.29. The van der Waals surface area contributed by atoms with Gasteiger partial charge in [0.1, 0.15) is 11.5 Å². The number of amides is 1. The van der Waals surface area contributed by atoms with E-state index in [0.717, 1.165) is 6.07 Å². The van der Waals surface area contributed by atoms with Crippen LogP contribution in [0.5, 0.6) is 0 Å². The highest BCUT2D eigenvalue weighted by molar-refractivity contribution is 6.30. The number of rotatable bonds is 1. The number of methoxy groups -OCH3 is 1. The molecule has 0 spiro atoms. The molecular formula is C16H13ClF2N2O2. The fourth-order valence-electron chi connectivity index (χ4n) is 2.75. The summed E-state index contributed by atoms with van der Waals surface area (Å²) in [6.45, 7) is 0.482. The first-order valence-electron chi connectivity index (χ1n) is 6.96. The lowest BCUT2D eigenvalue weighted by atomic mass is 9.92. The second kappa shape index (κ2) is 6.12. The maximum atomic E-state index is 14.2. The standard InChI is InChI=1S/C16H13ClF2N2O2/c1-23-16(22)21-5-4-10-12(8-21)11(2-3-13(10)18)15-14(19)6-9(17)7-20-15/h2-3,6-7H,4-5,8H2,1H3. The van der Waals surface area contributed by atoms with Crippen molar-refractivity contribution >= 4 is 17.7 Å². The van der Waals surface area contributed by atoms with Gasteiger partial charge in [-0.25, -0.2) is 13.6 Å². The SMILES string of the molecule is COC(=O)N1CCc2c(F)ccc(-c3ncc(Cl)cc3F)c2C1. The molecule has 4 nitrogen and oxygen atoms in total. The minimum Gasteiger partial charge on any atom is -0.453 e. The Morgan fingerprint density at radius 3 is 2.78 bits per heavy atom. The Balaban J connectivity index is 2.11. The van der Waals surface area contributed by atoms with Crippen molar-refractivity contribution in [1.29, 1.82) is 0 Å². The highest BCUT2D eigenvalue weighted by Gasteiger charge is 2.27. The molecule has 0 bridgehead atoms. The molecule has 0 atom stereocenters. The molecule has 1 amide bonds. The molecule has 2 aromatic rings. The quantitative estimate of drug-likeness (QED) is 0.794. The van der Waals surface area contributed by atoms with Crippen molar-refractivity contribution in [2.45, 2.75) is 13.0 Å². The van der Waals surface area contributed by atoms with Crippen LogP contribution in [0.15, 0.2) is 24.4 Å². The smallest absolute Gasteiger partial charge is 0.409 e. The summed E-state index contributed by atoms with van der Waals surface area (Å²) in [5.41, 5.74) is 1.54. The molecule has 0 radical (unpaired) electrons. The van der Waals surface area contributed by atoms with E-state index in [2.05, 4.69) is 4.98 Å². The van der Waals surface area contributed by atoms with Crippen LogP contribution in [-0.4, -0.2) is 29.6 Å². The number of benzene rings is 1. The third-order valence-corrected chi connectivity index (χ3v) is 4.06. The molecule has 1 aliphatic heterocycles. The molecule has 1 aromatic heterocycles. The van der Waals surface area contributed by atoms with Crippen molar-refractivity contribution in [3.05, 3.63) is 52.2 Å². The Hall–Kier alpha value is -2.21. The van der Waals surface area contributed by atoms with Crippen molar-refractivity contribution in [3.63, 3.8) is 0 Å². The van der Waals surface area contributed by atoms with E-state index in [4.69, 9.17) is 16.3 Å². The summed E-state index contributed by atoms with van der Waals surface area (Å²) in [6.07, 6.45) is 1.16. The predicted molar refractivity (Wildman–Crippen MR) is 81.1 cm³/mol. The first-order chi connectivity index (χ1) is 11.0. The van der Waals surface area contributed by atoms with Crippen molar-refractivity contribution < 1.29 is 18.3 Å². The number of fused-ring (bicyclic) bond motifs is 1. The van der Waals surface area contributed by atoms with Crippen molar-refractivity contribution in [2.75, 3.05) is 13.7 Å². The largest absolute Gasteiger partial charge is 0.453 e. The Morgan fingerprint density at radius 1 is 1.30 bits per heavy atom. The normalized spacial score (nSPS) is 13.7. The molecule has 1 aromatic carbocycles. The highest BCUT2D eigenvalue weighted by atomic mass is 35.5. The van der Waals surface area contributed by atoms with Gasteiger partial charge in [-0.3, -0.25) is 4.98 Å². The van der Waals surface area contributed by atoms with Crippen molar-refractivity contribution in [3.8, 4) is 11.3 Å². The van der Waals surface area contributed by atoms with Gasteiger partial charge in [0.05, 0.1) is 18.7 Å².